The van der Waals surface area contributed by atoms with Crippen LogP contribution in [0.15, 0.2) is 4.99 Å². The number of guanidine groups is 1. The molecule has 0 saturated carbocycles. The predicted octanol–water partition coefficient (Wildman–Crippen LogP) is 3.10. The summed E-state index contributed by atoms with van der Waals surface area (Å²) >= 11 is 0. The highest BCUT2D eigenvalue weighted by atomic mass is 127. The van der Waals surface area contributed by atoms with Gasteiger partial charge in [0.05, 0.1) is 6.10 Å². The second-order valence-electron chi connectivity index (χ2n) is 6.62. The fraction of sp³-hybridized carbons (Fsp3) is 0.944. The number of hydrogen-bond donors (Lipinski definition) is 2. The van der Waals surface area contributed by atoms with Crippen LogP contribution in [0.4, 0.5) is 0 Å². The Bertz CT molecular complexity index is 320. The molecule has 2 N–H and O–H groups in total. The Hall–Kier alpha value is -0.0800. The number of ether oxygens (including phenoxy) is 1. The van der Waals surface area contributed by atoms with Crippen LogP contribution in [0.2, 0.25) is 0 Å². The molecular formula is C18H39IN4O. The van der Waals surface area contributed by atoms with Gasteiger partial charge in [-0.25, -0.2) is 0 Å². The maximum Gasteiger partial charge on any atom is 0.191 e. The van der Waals surface area contributed by atoms with Crippen LogP contribution in [0, 0.1) is 5.92 Å². The molecule has 1 aliphatic rings. The number of nitrogens with zero attached hydrogens (tertiary/aromatic N) is 2. The fourth-order valence-corrected chi connectivity index (χ4v) is 2.99. The number of rotatable bonds is 11. The highest BCUT2D eigenvalue weighted by Gasteiger charge is 2.13. The normalized spacial score (nSPS) is 17.0. The smallest absolute Gasteiger partial charge is 0.191 e. The van der Waals surface area contributed by atoms with Crippen molar-refractivity contribution in [1.29, 1.82) is 0 Å². The maximum atomic E-state index is 5.79. The summed E-state index contributed by atoms with van der Waals surface area (Å²) in [7, 11) is 0. The highest BCUT2D eigenvalue weighted by Crippen LogP contribution is 2.10. The Kier molecular flexibility index (Phi) is 15.1. The van der Waals surface area contributed by atoms with Crippen molar-refractivity contribution in [3.05, 3.63) is 0 Å². The Morgan fingerprint density at radius 2 is 1.88 bits per heavy atom. The van der Waals surface area contributed by atoms with Gasteiger partial charge >= 0.3 is 0 Å². The van der Waals surface area contributed by atoms with Crippen LogP contribution >= 0.6 is 24.0 Å². The van der Waals surface area contributed by atoms with Gasteiger partial charge in [-0.15, -0.1) is 24.0 Å². The molecule has 24 heavy (non-hydrogen) atoms. The number of aliphatic imine (C=N–C) groups is 1. The minimum Gasteiger partial charge on any atom is -0.378 e. The summed E-state index contributed by atoms with van der Waals surface area (Å²) in [6, 6.07) is 0. The molecule has 0 aliphatic carbocycles. The molecule has 0 aromatic carbocycles. The Morgan fingerprint density at radius 3 is 2.46 bits per heavy atom. The molecule has 1 rings (SSSR count). The van der Waals surface area contributed by atoms with E-state index in [0.29, 0.717) is 12.0 Å². The van der Waals surface area contributed by atoms with Crippen molar-refractivity contribution in [3.63, 3.8) is 0 Å². The summed E-state index contributed by atoms with van der Waals surface area (Å²) in [4.78, 5) is 7.24. The lowest BCUT2D eigenvalue weighted by Gasteiger charge is -2.21. The van der Waals surface area contributed by atoms with Gasteiger partial charge in [0.2, 0.25) is 0 Å². The molecule has 144 valence electrons. The van der Waals surface area contributed by atoms with E-state index in [0.717, 1.165) is 45.0 Å². The van der Waals surface area contributed by atoms with E-state index in [1.165, 1.54) is 32.5 Å². The third-order valence-corrected chi connectivity index (χ3v) is 4.29. The minimum absolute atomic E-state index is 0. The summed E-state index contributed by atoms with van der Waals surface area (Å²) in [5, 5.41) is 6.77. The quantitative estimate of drug-likeness (QED) is 0.218. The van der Waals surface area contributed by atoms with E-state index in [1.807, 2.05) is 0 Å². The number of halogens is 1. The summed E-state index contributed by atoms with van der Waals surface area (Å²) in [6.45, 7) is 15.8. The largest absolute Gasteiger partial charge is 0.378 e. The van der Waals surface area contributed by atoms with Gasteiger partial charge in [-0.05, 0) is 65.1 Å². The van der Waals surface area contributed by atoms with Gasteiger partial charge in [-0.3, -0.25) is 4.99 Å². The van der Waals surface area contributed by atoms with Crippen LogP contribution in [0.25, 0.3) is 0 Å². The Balaban J connectivity index is 0.00000529. The Labute approximate surface area is 166 Å². The maximum absolute atomic E-state index is 5.79. The monoisotopic (exact) mass is 454 g/mol. The lowest BCUT2D eigenvalue weighted by molar-refractivity contribution is 0.0258. The highest BCUT2D eigenvalue weighted by molar-refractivity contribution is 14.0. The molecule has 0 spiro atoms. The van der Waals surface area contributed by atoms with Crippen LogP contribution in [0.5, 0.6) is 0 Å². The molecule has 1 aliphatic heterocycles. The lowest BCUT2D eigenvalue weighted by atomic mass is 10.0. The van der Waals surface area contributed by atoms with Gasteiger partial charge < -0.3 is 20.3 Å². The molecule has 5 nitrogen and oxygen atoms in total. The molecule has 0 amide bonds. The van der Waals surface area contributed by atoms with Crippen molar-refractivity contribution in [2.45, 2.75) is 59.5 Å². The first-order valence-corrected chi connectivity index (χ1v) is 9.53. The first-order chi connectivity index (χ1) is 11.2. The molecule has 0 aromatic rings. The molecule has 6 heteroatoms. The van der Waals surface area contributed by atoms with E-state index < -0.39 is 0 Å². The zero-order valence-electron chi connectivity index (χ0n) is 16.1. The number of likely N-dealkylation sites (tertiary alicyclic amines) is 1. The van der Waals surface area contributed by atoms with Crippen molar-refractivity contribution in [3.8, 4) is 0 Å². The second-order valence-corrected chi connectivity index (χ2v) is 6.62. The second kappa shape index (κ2) is 15.2. The van der Waals surface area contributed by atoms with Crippen LogP contribution in [0.3, 0.4) is 0 Å². The van der Waals surface area contributed by atoms with Crippen LogP contribution in [-0.4, -0.2) is 62.8 Å². The van der Waals surface area contributed by atoms with Gasteiger partial charge in [0.1, 0.15) is 0 Å². The Morgan fingerprint density at radius 1 is 1.17 bits per heavy atom. The zero-order chi connectivity index (χ0) is 16.9. The lowest BCUT2D eigenvalue weighted by Crippen LogP contribution is -2.39. The van der Waals surface area contributed by atoms with Crippen molar-refractivity contribution < 1.29 is 4.74 Å². The molecule has 1 heterocycles. The molecular weight excluding hydrogens is 415 g/mol. The first kappa shape index (κ1) is 23.9. The predicted molar refractivity (Wildman–Crippen MR) is 115 cm³/mol. The van der Waals surface area contributed by atoms with E-state index in [2.05, 4.69) is 48.2 Å². The van der Waals surface area contributed by atoms with E-state index in [9.17, 15) is 0 Å². The topological polar surface area (TPSA) is 48.9 Å². The third kappa shape index (κ3) is 10.7. The van der Waals surface area contributed by atoms with Crippen LogP contribution in [-0.2, 0) is 4.74 Å². The molecule has 0 radical (unpaired) electrons. The van der Waals surface area contributed by atoms with E-state index in [4.69, 9.17) is 4.74 Å². The van der Waals surface area contributed by atoms with Crippen molar-refractivity contribution >= 4 is 29.9 Å². The molecule has 1 atom stereocenters. The minimum atomic E-state index is 0. The average Bonchev–Trinajstić information content (AvgIpc) is 3.03. The standard InChI is InChI=1S/C18H38N4O.HI/c1-5-19-18(20-11-9-15-22-13-7-8-14-22)21-12-10-17(16(3)4)23-6-2;/h16-17H,5-15H2,1-4H3,(H2,19,20,21);1H. The van der Waals surface area contributed by atoms with Gasteiger partial charge in [-0.2, -0.15) is 0 Å². The van der Waals surface area contributed by atoms with Crippen molar-refractivity contribution in [2.24, 2.45) is 10.9 Å². The molecule has 0 aromatic heterocycles. The average molecular weight is 454 g/mol. The summed E-state index contributed by atoms with van der Waals surface area (Å²) in [6.07, 6.45) is 5.22. The van der Waals surface area contributed by atoms with Crippen molar-refractivity contribution in [1.82, 2.24) is 15.5 Å². The summed E-state index contributed by atoms with van der Waals surface area (Å²) in [5.41, 5.74) is 0. The van der Waals surface area contributed by atoms with Crippen LogP contribution < -0.4 is 10.6 Å². The number of nitrogens with one attached hydrogen (secondary N) is 2. The fourth-order valence-electron chi connectivity index (χ4n) is 2.99. The first-order valence-electron chi connectivity index (χ1n) is 9.53. The third-order valence-electron chi connectivity index (χ3n) is 4.29. The summed E-state index contributed by atoms with van der Waals surface area (Å²) < 4.78 is 5.79. The SMILES string of the molecule is CCNC(=NCCCN1CCCC1)NCCC(OCC)C(C)C.I. The van der Waals surface area contributed by atoms with Gasteiger partial charge in [0.25, 0.3) is 0 Å². The molecule has 1 fully saturated rings. The van der Waals surface area contributed by atoms with Gasteiger partial charge in [-0.1, -0.05) is 13.8 Å². The van der Waals surface area contributed by atoms with Crippen LogP contribution in [0.1, 0.15) is 53.4 Å². The van der Waals surface area contributed by atoms with Gasteiger partial charge in [0, 0.05) is 26.2 Å². The zero-order valence-corrected chi connectivity index (χ0v) is 18.5. The molecule has 1 unspecified atom stereocenters. The summed E-state index contributed by atoms with van der Waals surface area (Å²) in [5.74, 6) is 1.49. The van der Waals surface area contributed by atoms with E-state index >= 15 is 0 Å². The van der Waals surface area contributed by atoms with Crippen molar-refractivity contribution in [2.75, 3.05) is 45.9 Å². The molecule has 0 bridgehead atoms. The van der Waals surface area contributed by atoms with Gasteiger partial charge in [0.15, 0.2) is 5.96 Å². The van der Waals surface area contributed by atoms with E-state index in [1.54, 1.807) is 0 Å². The number of hydrogen-bond acceptors (Lipinski definition) is 3. The van der Waals surface area contributed by atoms with E-state index in [-0.39, 0.29) is 24.0 Å². The molecule has 1 saturated heterocycles.